The van der Waals surface area contributed by atoms with Crippen LogP contribution in [0.2, 0.25) is 10.0 Å². The summed E-state index contributed by atoms with van der Waals surface area (Å²) in [6.07, 6.45) is 1.47. The summed E-state index contributed by atoms with van der Waals surface area (Å²) in [6, 6.07) is 24.6. The number of nitrogens with one attached hydrogen (secondary N) is 2. The van der Waals surface area contributed by atoms with Gasteiger partial charge in [-0.25, -0.2) is 5.43 Å². The molecule has 0 bridgehead atoms. The number of nitrogens with zero attached hydrogens (tertiary/aromatic N) is 1. The minimum absolute atomic E-state index is 0.260. The number of hydrogen-bond donors (Lipinski definition) is 2. The predicted molar refractivity (Wildman–Crippen MR) is 172 cm³/mol. The number of halogens is 2. The Morgan fingerprint density at radius 2 is 1.45 bits per heavy atom. The van der Waals surface area contributed by atoms with E-state index < -0.39 is 5.91 Å². The molecular weight excluding hydrogens is 605 g/mol. The number of rotatable bonds is 14. The molecule has 228 valence electrons. The molecule has 0 aliphatic carbocycles. The Labute approximate surface area is 265 Å². The molecule has 0 aliphatic heterocycles. The van der Waals surface area contributed by atoms with E-state index in [1.165, 1.54) is 6.21 Å². The number of benzene rings is 4. The summed E-state index contributed by atoms with van der Waals surface area (Å²) in [7, 11) is 0. The van der Waals surface area contributed by atoms with Crippen molar-refractivity contribution in [2.75, 3.05) is 25.1 Å². The smallest absolute Gasteiger partial charge is 0.271 e. The van der Waals surface area contributed by atoms with Crippen molar-refractivity contribution in [1.82, 2.24) is 5.43 Å². The van der Waals surface area contributed by atoms with E-state index in [1.807, 2.05) is 44.2 Å². The molecule has 0 radical (unpaired) electrons. The zero-order chi connectivity index (χ0) is 31.3. The van der Waals surface area contributed by atoms with Crippen molar-refractivity contribution in [2.24, 2.45) is 5.10 Å². The van der Waals surface area contributed by atoms with Crippen molar-refractivity contribution in [2.45, 2.75) is 20.5 Å². The van der Waals surface area contributed by atoms with Gasteiger partial charge < -0.3 is 24.3 Å². The van der Waals surface area contributed by atoms with E-state index in [0.717, 1.165) is 5.56 Å². The highest BCUT2D eigenvalue weighted by Crippen LogP contribution is 2.30. The van der Waals surface area contributed by atoms with Gasteiger partial charge in [-0.2, -0.15) is 5.10 Å². The fourth-order valence-corrected chi connectivity index (χ4v) is 4.21. The Morgan fingerprint density at radius 1 is 0.750 bits per heavy atom. The molecule has 0 saturated carbocycles. The number of ether oxygens (including phenoxy) is 4. The highest BCUT2D eigenvalue weighted by molar-refractivity contribution is 6.42. The van der Waals surface area contributed by atoms with Gasteiger partial charge >= 0.3 is 0 Å². The largest absolute Gasteiger partial charge is 0.490 e. The van der Waals surface area contributed by atoms with Crippen molar-refractivity contribution in [1.29, 1.82) is 0 Å². The summed E-state index contributed by atoms with van der Waals surface area (Å²) in [6.45, 7) is 4.58. The average molecular weight is 637 g/mol. The molecule has 11 heteroatoms. The Morgan fingerprint density at radius 3 is 2.18 bits per heavy atom. The number of carbonyl (C=O) groups is 2. The lowest BCUT2D eigenvalue weighted by Gasteiger charge is -2.13. The van der Waals surface area contributed by atoms with E-state index >= 15 is 0 Å². The second-order valence-corrected chi connectivity index (χ2v) is 9.99. The number of amides is 2. The highest BCUT2D eigenvalue weighted by atomic mass is 35.5. The van der Waals surface area contributed by atoms with E-state index in [4.69, 9.17) is 42.1 Å². The fraction of sp³-hybridized carbons (Fsp3) is 0.182. The first kappa shape index (κ1) is 32.2. The summed E-state index contributed by atoms with van der Waals surface area (Å²) >= 11 is 11.9. The monoisotopic (exact) mass is 635 g/mol. The van der Waals surface area contributed by atoms with E-state index in [2.05, 4.69) is 15.8 Å². The normalized spacial score (nSPS) is 10.7. The molecular formula is C33H31Cl2N3O6. The molecule has 0 aliphatic rings. The van der Waals surface area contributed by atoms with Crippen LogP contribution in [0.5, 0.6) is 23.0 Å². The number of carbonyl (C=O) groups excluding carboxylic acids is 2. The van der Waals surface area contributed by atoms with Gasteiger partial charge in [0.2, 0.25) is 0 Å². The number of hydrogen-bond acceptors (Lipinski definition) is 7. The van der Waals surface area contributed by atoms with Gasteiger partial charge in [-0.05, 0) is 79.6 Å². The van der Waals surface area contributed by atoms with Crippen molar-refractivity contribution in [3.05, 3.63) is 112 Å². The molecule has 0 fully saturated rings. The fourth-order valence-electron chi connectivity index (χ4n) is 3.91. The van der Waals surface area contributed by atoms with Crippen LogP contribution in [-0.4, -0.2) is 37.8 Å². The molecule has 0 aromatic heterocycles. The van der Waals surface area contributed by atoms with Crippen LogP contribution < -0.4 is 29.7 Å². The maximum Gasteiger partial charge on any atom is 0.271 e. The first-order valence-electron chi connectivity index (χ1n) is 13.8. The summed E-state index contributed by atoms with van der Waals surface area (Å²) in [4.78, 5) is 25.2. The average Bonchev–Trinajstić information content (AvgIpc) is 3.02. The summed E-state index contributed by atoms with van der Waals surface area (Å²) < 4.78 is 23.0. The Hall–Kier alpha value is -4.73. The van der Waals surface area contributed by atoms with Crippen LogP contribution in [-0.2, 0) is 11.4 Å². The Kier molecular flexibility index (Phi) is 11.9. The third-order valence-electron chi connectivity index (χ3n) is 5.95. The van der Waals surface area contributed by atoms with E-state index in [0.29, 0.717) is 69.7 Å². The van der Waals surface area contributed by atoms with Crippen molar-refractivity contribution in [3.63, 3.8) is 0 Å². The molecule has 4 aromatic carbocycles. The maximum absolute atomic E-state index is 12.8. The Bertz CT molecular complexity index is 1610. The molecule has 0 heterocycles. The van der Waals surface area contributed by atoms with Crippen LogP contribution in [0.4, 0.5) is 5.69 Å². The quantitative estimate of drug-likeness (QED) is 0.112. The second kappa shape index (κ2) is 16.2. The SMILES string of the molecule is CCOc1cc(/C=N/NC(=O)c2ccc(OCc3ccccc3)c(OCC)c2)ccc1OCC(=O)Nc1ccc(Cl)c(Cl)c1. The van der Waals surface area contributed by atoms with Crippen molar-refractivity contribution in [3.8, 4) is 23.0 Å². The molecule has 4 aromatic rings. The van der Waals surface area contributed by atoms with Gasteiger partial charge in [0.05, 0.1) is 29.5 Å². The van der Waals surface area contributed by atoms with E-state index in [-0.39, 0.29) is 12.5 Å². The zero-order valence-electron chi connectivity index (χ0n) is 24.1. The van der Waals surface area contributed by atoms with Gasteiger partial charge in [0.15, 0.2) is 29.6 Å². The second-order valence-electron chi connectivity index (χ2n) is 9.17. The third-order valence-corrected chi connectivity index (χ3v) is 6.69. The molecule has 2 amide bonds. The van der Waals surface area contributed by atoms with E-state index in [1.54, 1.807) is 54.6 Å². The van der Waals surface area contributed by atoms with Crippen LogP contribution >= 0.6 is 23.2 Å². The van der Waals surface area contributed by atoms with Gasteiger partial charge in [-0.3, -0.25) is 9.59 Å². The van der Waals surface area contributed by atoms with Crippen molar-refractivity contribution >= 4 is 46.9 Å². The molecule has 0 atom stereocenters. The predicted octanol–water partition coefficient (Wildman–Crippen LogP) is 7.15. The standard InChI is InChI=1S/C33H31Cl2N3O6/c1-3-41-30-16-23(10-14-28(30)44-21-32(39)37-25-12-13-26(34)27(35)18-25)19-36-38-33(40)24-11-15-29(31(17-24)42-4-2)43-20-22-8-6-5-7-9-22/h5-19H,3-4,20-21H2,1-2H3,(H,37,39)(H,38,40)/b36-19+. The molecule has 0 unspecified atom stereocenters. The highest BCUT2D eigenvalue weighted by Gasteiger charge is 2.13. The van der Waals surface area contributed by atoms with Crippen LogP contribution in [0, 0.1) is 0 Å². The molecule has 2 N–H and O–H groups in total. The lowest BCUT2D eigenvalue weighted by molar-refractivity contribution is -0.118. The van der Waals surface area contributed by atoms with Crippen molar-refractivity contribution < 1.29 is 28.5 Å². The molecule has 9 nitrogen and oxygen atoms in total. The molecule has 0 saturated heterocycles. The van der Waals surface area contributed by atoms with Crippen LogP contribution in [0.15, 0.2) is 90.0 Å². The molecule has 0 spiro atoms. The maximum atomic E-state index is 12.8. The lowest BCUT2D eigenvalue weighted by Crippen LogP contribution is -2.20. The van der Waals surface area contributed by atoms with E-state index in [9.17, 15) is 9.59 Å². The minimum Gasteiger partial charge on any atom is -0.490 e. The zero-order valence-corrected chi connectivity index (χ0v) is 25.7. The van der Waals surface area contributed by atoms with Gasteiger partial charge in [0.1, 0.15) is 6.61 Å². The van der Waals surface area contributed by atoms with Gasteiger partial charge in [-0.15, -0.1) is 0 Å². The third kappa shape index (κ3) is 9.39. The van der Waals surface area contributed by atoms with Crippen LogP contribution in [0.1, 0.15) is 35.3 Å². The Balaban J connectivity index is 1.35. The minimum atomic E-state index is -0.421. The summed E-state index contributed by atoms with van der Waals surface area (Å²) in [5, 5.41) is 7.49. The van der Waals surface area contributed by atoms with Gasteiger partial charge in [0, 0.05) is 11.3 Å². The molecule has 4 rings (SSSR count). The molecule has 44 heavy (non-hydrogen) atoms. The summed E-state index contributed by atoms with van der Waals surface area (Å²) in [5.41, 5.74) is 5.03. The topological polar surface area (TPSA) is 107 Å². The first-order valence-corrected chi connectivity index (χ1v) is 14.5. The van der Waals surface area contributed by atoms with Gasteiger partial charge in [-0.1, -0.05) is 53.5 Å². The first-order chi connectivity index (χ1) is 21.4. The van der Waals surface area contributed by atoms with Crippen LogP contribution in [0.3, 0.4) is 0 Å². The number of hydrazone groups is 1. The van der Waals surface area contributed by atoms with Crippen LogP contribution in [0.25, 0.3) is 0 Å². The number of anilines is 1. The van der Waals surface area contributed by atoms with Gasteiger partial charge in [0.25, 0.3) is 11.8 Å². The lowest BCUT2D eigenvalue weighted by atomic mass is 10.2. The summed E-state index contributed by atoms with van der Waals surface area (Å²) in [5.74, 6) is 0.973.